The van der Waals surface area contributed by atoms with Gasteiger partial charge >= 0.3 is 0 Å². The van der Waals surface area contributed by atoms with Crippen molar-refractivity contribution in [1.82, 2.24) is 5.16 Å². The van der Waals surface area contributed by atoms with E-state index in [9.17, 15) is 4.79 Å². The van der Waals surface area contributed by atoms with Crippen LogP contribution in [0.3, 0.4) is 0 Å². The van der Waals surface area contributed by atoms with Gasteiger partial charge in [0, 0.05) is 6.92 Å². The van der Waals surface area contributed by atoms with Crippen molar-refractivity contribution in [3.05, 3.63) is 24.4 Å². The van der Waals surface area contributed by atoms with E-state index in [1.54, 1.807) is 6.92 Å². The van der Waals surface area contributed by atoms with Crippen LogP contribution in [0.5, 0.6) is 0 Å². The van der Waals surface area contributed by atoms with Crippen LogP contribution in [0.4, 0.5) is 0 Å². The average molecular weight is 124 g/mol. The number of aromatic nitrogens is 1. The molecular formula is C6H6NO2. The van der Waals surface area contributed by atoms with Gasteiger partial charge in [-0.3, -0.25) is 4.79 Å². The predicted octanol–water partition coefficient (Wildman–Crippen LogP) is 1.000. The molecule has 1 rings (SSSR count). The Labute approximate surface area is 52.7 Å². The molecule has 3 nitrogen and oxygen atoms in total. The van der Waals surface area contributed by atoms with Crippen molar-refractivity contribution in [2.45, 2.75) is 6.92 Å². The number of ketones is 1. The summed E-state index contributed by atoms with van der Waals surface area (Å²) in [6, 6.07) is 0. The van der Waals surface area contributed by atoms with Crippen LogP contribution in [-0.4, -0.2) is 10.9 Å². The van der Waals surface area contributed by atoms with E-state index < -0.39 is 0 Å². The summed E-state index contributed by atoms with van der Waals surface area (Å²) < 4.78 is 4.50. The third-order valence-corrected chi connectivity index (χ3v) is 1.05. The second kappa shape index (κ2) is 2.01. The standard InChI is InChI=1S/C6H6NO2/c1-4-6(5(2)8)3-9-7-4/h3H,2H2,1H3. The van der Waals surface area contributed by atoms with Crippen LogP contribution >= 0.6 is 0 Å². The summed E-state index contributed by atoms with van der Waals surface area (Å²) in [5.41, 5.74) is 1.05. The minimum Gasteiger partial charge on any atom is -0.364 e. The molecule has 3 heteroatoms. The molecule has 0 atom stereocenters. The van der Waals surface area contributed by atoms with Gasteiger partial charge in [0.15, 0.2) is 5.78 Å². The van der Waals surface area contributed by atoms with Gasteiger partial charge in [0.2, 0.25) is 0 Å². The maximum Gasteiger partial charge on any atom is 0.168 e. The second-order valence-corrected chi connectivity index (χ2v) is 1.74. The number of hydrogen-bond acceptors (Lipinski definition) is 3. The van der Waals surface area contributed by atoms with Gasteiger partial charge in [-0.05, 0) is 6.92 Å². The SMILES string of the molecule is [CH2]C(=O)c1conc1C. The molecule has 1 aromatic rings. The van der Waals surface area contributed by atoms with Crippen LogP contribution < -0.4 is 0 Å². The minimum atomic E-state index is -0.256. The lowest BCUT2D eigenvalue weighted by molar-refractivity contribution is 0.104. The van der Waals surface area contributed by atoms with Crippen molar-refractivity contribution >= 4 is 5.78 Å². The number of aryl methyl sites for hydroxylation is 1. The normalized spacial score (nSPS) is 9.56. The van der Waals surface area contributed by atoms with E-state index in [0.29, 0.717) is 11.3 Å². The third-order valence-electron chi connectivity index (χ3n) is 1.05. The van der Waals surface area contributed by atoms with Crippen LogP contribution in [0.2, 0.25) is 0 Å². The Kier molecular flexibility index (Phi) is 1.34. The van der Waals surface area contributed by atoms with Gasteiger partial charge in [-0.25, -0.2) is 0 Å². The lowest BCUT2D eigenvalue weighted by atomic mass is 10.2. The first-order valence-electron chi connectivity index (χ1n) is 2.49. The molecule has 0 aliphatic carbocycles. The van der Waals surface area contributed by atoms with E-state index in [1.807, 2.05) is 0 Å². The lowest BCUT2D eigenvalue weighted by Gasteiger charge is -1.83. The van der Waals surface area contributed by atoms with Gasteiger partial charge in [-0.1, -0.05) is 5.16 Å². The van der Waals surface area contributed by atoms with E-state index in [4.69, 9.17) is 0 Å². The first-order chi connectivity index (χ1) is 4.22. The summed E-state index contributed by atoms with van der Waals surface area (Å²) in [6.45, 7) is 4.90. The maximum absolute atomic E-state index is 10.5. The summed E-state index contributed by atoms with van der Waals surface area (Å²) in [5, 5.41) is 3.50. The number of hydrogen-bond donors (Lipinski definition) is 0. The van der Waals surface area contributed by atoms with E-state index in [1.165, 1.54) is 6.26 Å². The monoisotopic (exact) mass is 124 g/mol. The molecule has 1 heterocycles. The quantitative estimate of drug-likeness (QED) is 0.524. The zero-order valence-corrected chi connectivity index (χ0v) is 5.05. The molecule has 0 bridgehead atoms. The van der Waals surface area contributed by atoms with Crippen molar-refractivity contribution in [2.24, 2.45) is 0 Å². The summed E-state index contributed by atoms with van der Waals surface area (Å²) in [4.78, 5) is 10.5. The molecule has 1 radical (unpaired) electrons. The van der Waals surface area contributed by atoms with E-state index in [0.717, 1.165) is 0 Å². The van der Waals surface area contributed by atoms with E-state index in [-0.39, 0.29) is 5.78 Å². The molecule has 0 unspecified atom stereocenters. The summed E-state index contributed by atoms with van der Waals surface area (Å²) >= 11 is 0. The highest BCUT2D eigenvalue weighted by Crippen LogP contribution is 2.03. The highest BCUT2D eigenvalue weighted by molar-refractivity contribution is 5.99. The zero-order valence-electron chi connectivity index (χ0n) is 5.05. The fourth-order valence-corrected chi connectivity index (χ4v) is 0.560. The third kappa shape index (κ3) is 0.988. The van der Waals surface area contributed by atoms with E-state index in [2.05, 4.69) is 16.6 Å². The zero-order chi connectivity index (χ0) is 6.85. The van der Waals surface area contributed by atoms with E-state index >= 15 is 0 Å². The molecular weight excluding hydrogens is 118 g/mol. The minimum absolute atomic E-state index is 0.256. The Bertz CT molecular complexity index is 227. The van der Waals surface area contributed by atoms with Gasteiger partial charge < -0.3 is 4.52 Å². The maximum atomic E-state index is 10.5. The molecule has 0 saturated heterocycles. The topological polar surface area (TPSA) is 43.1 Å². The second-order valence-electron chi connectivity index (χ2n) is 1.74. The van der Waals surface area contributed by atoms with Crippen LogP contribution in [0.1, 0.15) is 16.1 Å². The molecule has 0 aromatic carbocycles. The van der Waals surface area contributed by atoms with Gasteiger partial charge in [0.1, 0.15) is 6.26 Å². The summed E-state index contributed by atoms with van der Waals surface area (Å²) in [6.07, 6.45) is 1.30. The fourth-order valence-electron chi connectivity index (χ4n) is 0.560. The molecule has 0 amide bonds. The molecule has 0 spiro atoms. The van der Waals surface area contributed by atoms with Crippen molar-refractivity contribution in [1.29, 1.82) is 0 Å². The molecule has 47 valence electrons. The first-order valence-corrected chi connectivity index (χ1v) is 2.49. The first kappa shape index (κ1) is 6.01. The van der Waals surface area contributed by atoms with Crippen LogP contribution in [0.15, 0.2) is 10.8 Å². The lowest BCUT2D eigenvalue weighted by Crippen LogP contribution is -1.91. The Hall–Kier alpha value is -1.12. The fraction of sp³-hybridized carbons (Fsp3) is 0.167. The number of Topliss-reactive ketones (excluding diaryl/α,β-unsaturated/α-hetero) is 1. The molecule has 0 N–H and O–H groups in total. The van der Waals surface area contributed by atoms with Crippen molar-refractivity contribution < 1.29 is 9.32 Å². The van der Waals surface area contributed by atoms with Crippen molar-refractivity contribution in [3.8, 4) is 0 Å². The average Bonchev–Trinajstić information content (AvgIpc) is 2.13. The number of nitrogens with zero attached hydrogens (tertiary/aromatic N) is 1. The number of carbonyl (C=O) groups is 1. The van der Waals surface area contributed by atoms with Gasteiger partial charge in [0.05, 0.1) is 11.3 Å². The van der Waals surface area contributed by atoms with Crippen LogP contribution in [0.25, 0.3) is 0 Å². The number of rotatable bonds is 1. The smallest absolute Gasteiger partial charge is 0.168 e. The Morgan fingerprint density at radius 1 is 1.89 bits per heavy atom. The highest BCUT2D eigenvalue weighted by Gasteiger charge is 2.05. The molecule has 0 fully saturated rings. The molecule has 0 aliphatic rings. The number of carbonyl (C=O) groups excluding carboxylic acids is 1. The van der Waals surface area contributed by atoms with Crippen LogP contribution in [0, 0.1) is 13.8 Å². The molecule has 0 aliphatic heterocycles. The summed E-state index contributed by atoms with van der Waals surface area (Å²) in [7, 11) is 0. The van der Waals surface area contributed by atoms with Gasteiger partial charge in [-0.2, -0.15) is 0 Å². The summed E-state index contributed by atoms with van der Waals surface area (Å²) in [5.74, 6) is -0.256. The Balaban J connectivity index is 3.08. The van der Waals surface area contributed by atoms with Crippen LogP contribution in [-0.2, 0) is 0 Å². The molecule has 0 saturated carbocycles. The van der Waals surface area contributed by atoms with Crippen molar-refractivity contribution in [2.75, 3.05) is 0 Å². The van der Waals surface area contributed by atoms with Crippen molar-refractivity contribution in [3.63, 3.8) is 0 Å². The predicted molar refractivity (Wildman–Crippen MR) is 30.9 cm³/mol. The van der Waals surface area contributed by atoms with Gasteiger partial charge in [-0.15, -0.1) is 0 Å². The highest BCUT2D eigenvalue weighted by atomic mass is 16.5. The largest absolute Gasteiger partial charge is 0.364 e. The molecule has 1 aromatic heterocycles. The van der Waals surface area contributed by atoms with Gasteiger partial charge in [0.25, 0.3) is 0 Å². The Morgan fingerprint density at radius 2 is 2.56 bits per heavy atom. The Morgan fingerprint density at radius 3 is 2.78 bits per heavy atom. The molecule has 9 heavy (non-hydrogen) atoms.